The second-order valence-electron chi connectivity index (χ2n) is 2.87. The minimum absolute atomic E-state index is 0.289. The molecule has 0 aromatic carbocycles. The van der Waals surface area contributed by atoms with Gasteiger partial charge in [-0.05, 0) is 26.7 Å². The number of nitrogens with zero attached hydrogens (tertiary/aromatic N) is 1. The molecule has 0 spiro atoms. The van der Waals surface area contributed by atoms with Gasteiger partial charge in [0.15, 0.2) is 0 Å². The summed E-state index contributed by atoms with van der Waals surface area (Å²) in [5.74, 6) is 0. The van der Waals surface area contributed by atoms with Crippen molar-refractivity contribution in [3.05, 3.63) is 16.1 Å². The van der Waals surface area contributed by atoms with E-state index >= 15 is 0 Å². The maximum Gasteiger partial charge on any atom is 0.0897 e. The summed E-state index contributed by atoms with van der Waals surface area (Å²) in [6.07, 6.45) is 2.05. The first kappa shape index (κ1) is 8.68. The van der Waals surface area contributed by atoms with E-state index in [0.717, 1.165) is 17.8 Å². The summed E-state index contributed by atoms with van der Waals surface area (Å²) >= 11 is 1.70. The van der Waals surface area contributed by atoms with E-state index < -0.39 is 0 Å². The van der Waals surface area contributed by atoms with Crippen molar-refractivity contribution < 1.29 is 0 Å². The zero-order valence-corrected chi connectivity index (χ0v) is 7.82. The highest BCUT2D eigenvalue weighted by Gasteiger charge is 1.99. The van der Waals surface area contributed by atoms with Crippen molar-refractivity contribution in [2.24, 2.45) is 5.73 Å². The summed E-state index contributed by atoms with van der Waals surface area (Å²) in [4.78, 5) is 4.35. The standard InChI is InChI=1S/C8H14N2S/c1-6(9)3-4-8-5-11-7(2)10-8/h5-6H,3-4,9H2,1-2H3/t6-/m1/s1. The lowest BCUT2D eigenvalue weighted by atomic mass is 10.2. The predicted octanol–water partition coefficient (Wildman–Crippen LogP) is 1.73. The Morgan fingerprint density at radius 2 is 2.45 bits per heavy atom. The molecule has 2 N–H and O–H groups in total. The van der Waals surface area contributed by atoms with E-state index in [4.69, 9.17) is 5.73 Å². The zero-order chi connectivity index (χ0) is 8.27. The molecule has 0 unspecified atom stereocenters. The summed E-state index contributed by atoms with van der Waals surface area (Å²) < 4.78 is 0. The first-order valence-electron chi connectivity index (χ1n) is 3.85. The van der Waals surface area contributed by atoms with Gasteiger partial charge in [-0.1, -0.05) is 0 Å². The molecular formula is C8H14N2S. The summed E-state index contributed by atoms with van der Waals surface area (Å²) in [5.41, 5.74) is 6.81. The Morgan fingerprint density at radius 1 is 1.73 bits per heavy atom. The van der Waals surface area contributed by atoms with E-state index in [1.165, 1.54) is 5.69 Å². The number of hydrogen-bond donors (Lipinski definition) is 1. The fraction of sp³-hybridized carbons (Fsp3) is 0.625. The molecule has 0 amide bonds. The molecule has 0 saturated carbocycles. The Balaban J connectivity index is 2.39. The largest absolute Gasteiger partial charge is 0.328 e. The number of rotatable bonds is 3. The highest BCUT2D eigenvalue weighted by Crippen LogP contribution is 2.09. The molecule has 0 bridgehead atoms. The van der Waals surface area contributed by atoms with Gasteiger partial charge in [-0.2, -0.15) is 0 Å². The van der Waals surface area contributed by atoms with Crippen molar-refractivity contribution in [2.75, 3.05) is 0 Å². The maximum absolute atomic E-state index is 5.62. The first-order chi connectivity index (χ1) is 5.18. The Kier molecular flexibility index (Phi) is 3.02. The van der Waals surface area contributed by atoms with Crippen LogP contribution in [0.15, 0.2) is 5.38 Å². The van der Waals surface area contributed by atoms with Crippen molar-refractivity contribution in [2.45, 2.75) is 32.7 Å². The van der Waals surface area contributed by atoms with E-state index in [2.05, 4.69) is 10.4 Å². The van der Waals surface area contributed by atoms with Crippen LogP contribution in [0.1, 0.15) is 24.0 Å². The minimum Gasteiger partial charge on any atom is -0.328 e. The van der Waals surface area contributed by atoms with Crippen molar-refractivity contribution in [3.63, 3.8) is 0 Å². The van der Waals surface area contributed by atoms with Crippen LogP contribution in [0, 0.1) is 6.92 Å². The van der Waals surface area contributed by atoms with Gasteiger partial charge in [0, 0.05) is 11.4 Å². The Bertz CT molecular complexity index is 218. The highest BCUT2D eigenvalue weighted by molar-refractivity contribution is 7.09. The third-order valence-corrected chi connectivity index (χ3v) is 2.34. The second-order valence-corrected chi connectivity index (χ2v) is 3.94. The summed E-state index contributed by atoms with van der Waals surface area (Å²) in [6, 6.07) is 0.289. The second kappa shape index (κ2) is 3.83. The lowest BCUT2D eigenvalue weighted by Crippen LogP contribution is -2.15. The number of hydrogen-bond acceptors (Lipinski definition) is 3. The van der Waals surface area contributed by atoms with Crippen LogP contribution in [-0.4, -0.2) is 11.0 Å². The maximum atomic E-state index is 5.62. The van der Waals surface area contributed by atoms with Gasteiger partial charge in [-0.15, -0.1) is 11.3 Å². The molecule has 3 heteroatoms. The van der Waals surface area contributed by atoms with Gasteiger partial charge in [-0.25, -0.2) is 4.98 Å². The van der Waals surface area contributed by atoms with Gasteiger partial charge in [0.25, 0.3) is 0 Å². The number of nitrogens with two attached hydrogens (primary N) is 1. The van der Waals surface area contributed by atoms with E-state index in [9.17, 15) is 0 Å². The molecule has 1 rings (SSSR count). The Morgan fingerprint density at radius 3 is 2.91 bits per heavy atom. The van der Waals surface area contributed by atoms with Gasteiger partial charge >= 0.3 is 0 Å². The summed E-state index contributed by atoms with van der Waals surface area (Å²) in [5, 5.41) is 3.25. The van der Waals surface area contributed by atoms with Gasteiger partial charge in [0.05, 0.1) is 10.7 Å². The van der Waals surface area contributed by atoms with Crippen LogP contribution in [-0.2, 0) is 6.42 Å². The molecule has 0 saturated heterocycles. The fourth-order valence-corrected chi connectivity index (χ4v) is 1.55. The molecule has 0 radical (unpaired) electrons. The predicted molar refractivity (Wildman–Crippen MR) is 48.8 cm³/mol. The molecule has 1 aromatic rings. The summed E-state index contributed by atoms with van der Waals surface area (Å²) in [7, 11) is 0. The fourth-order valence-electron chi connectivity index (χ4n) is 0.899. The monoisotopic (exact) mass is 170 g/mol. The van der Waals surface area contributed by atoms with E-state index in [0.29, 0.717) is 0 Å². The van der Waals surface area contributed by atoms with Crippen LogP contribution in [0.25, 0.3) is 0 Å². The summed E-state index contributed by atoms with van der Waals surface area (Å²) in [6.45, 7) is 4.05. The molecule has 1 aromatic heterocycles. The third kappa shape index (κ3) is 2.99. The lowest BCUT2D eigenvalue weighted by molar-refractivity contribution is 0.659. The smallest absolute Gasteiger partial charge is 0.0897 e. The van der Waals surface area contributed by atoms with Crippen molar-refractivity contribution >= 4 is 11.3 Å². The Hall–Kier alpha value is -0.410. The molecule has 1 heterocycles. The number of thiazole rings is 1. The molecular weight excluding hydrogens is 156 g/mol. The van der Waals surface area contributed by atoms with Crippen molar-refractivity contribution in [1.29, 1.82) is 0 Å². The van der Waals surface area contributed by atoms with E-state index in [-0.39, 0.29) is 6.04 Å². The molecule has 2 nitrogen and oxygen atoms in total. The van der Waals surface area contributed by atoms with Gasteiger partial charge in [-0.3, -0.25) is 0 Å². The molecule has 0 aliphatic heterocycles. The van der Waals surface area contributed by atoms with Crippen LogP contribution in [0.2, 0.25) is 0 Å². The van der Waals surface area contributed by atoms with Gasteiger partial charge in [0.2, 0.25) is 0 Å². The SMILES string of the molecule is Cc1nc(CC[C@@H](C)N)cs1. The van der Waals surface area contributed by atoms with E-state index in [1.54, 1.807) is 11.3 Å². The van der Waals surface area contributed by atoms with Crippen LogP contribution in [0.4, 0.5) is 0 Å². The van der Waals surface area contributed by atoms with Crippen LogP contribution < -0.4 is 5.73 Å². The molecule has 0 aliphatic carbocycles. The van der Waals surface area contributed by atoms with Gasteiger partial charge in [0.1, 0.15) is 0 Å². The molecule has 11 heavy (non-hydrogen) atoms. The zero-order valence-electron chi connectivity index (χ0n) is 7.00. The number of aromatic nitrogens is 1. The average molecular weight is 170 g/mol. The third-order valence-electron chi connectivity index (χ3n) is 1.52. The quantitative estimate of drug-likeness (QED) is 0.750. The average Bonchev–Trinajstić information content (AvgIpc) is 2.31. The van der Waals surface area contributed by atoms with Crippen LogP contribution >= 0.6 is 11.3 Å². The highest BCUT2D eigenvalue weighted by atomic mass is 32.1. The van der Waals surface area contributed by atoms with Crippen molar-refractivity contribution in [1.82, 2.24) is 4.98 Å². The topological polar surface area (TPSA) is 38.9 Å². The molecule has 1 atom stereocenters. The molecule has 0 aliphatic rings. The van der Waals surface area contributed by atoms with Crippen LogP contribution in [0.5, 0.6) is 0 Å². The molecule has 62 valence electrons. The minimum atomic E-state index is 0.289. The number of aryl methyl sites for hydroxylation is 2. The first-order valence-corrected chi connectivity index (χ1v) is 4.73. The van der Waals surface area contributed by atoms with Crippen LogP contribution in [0.3, 0.4) is 0 Å². The van der Waals surface area contributed by atoms with E-state index in [1.807, 2.05) is 13.8 Å². The Labute approximate surface area is 71.5 Å². The lowest BCUT2D eigenvalue weighted by Gasteiger charge is -2.00. The molecule has 0 fully saturated rings. The normalized spacial score (nSPS) is 13.4. The van der Waals surface area contributed by atoms with Gasteiger partial charge < -0.3 is 5.73 Å². The van der Waals surface area contributed by atoms with Crippen molar-refractivity contribution in [3.8, 4) is 0 Å².